The van der Waals surface area contributed by atoms with Gasteiger partial charge in [0, 0.05) is 0 Å². The highest BCUT2D eigenvalue weighted by Crippen LogP contribution is 2.36. The molecule has 5 aromatic carbocycles. The summed E-state index contributed by atoms with van der Waals surface area (Å²) in [6, 6.07) is 43.9. The summed E-state index contributed by atoms with van der Waals surface area (Å²) in [6.45, 7) is 4.44. The lowest BCUT2D eigenvalue weighted by atomic mass is 9.89. The second-order valence-corrected chi connectivity index (χ2v) is 8.57. The van der Waals surface area contributed by atoms with E-state index in [-0.39, 0.29) is 0 Å². The average molecular weight is 425 g/mol. The topological polar surface area (TPSA) is 0 Å². The van der Waals surface area contributed by atoms with Gasteiger partial charge in [0.1, 0.15) is 0 Å². The molecule has 5 rings (SSSR count). The summed E-state index contributed by atoms with van der Waals surface area (Å²) in [4.78, 5) is 0. The van der Waals surface area contributed by atoms with Crippen molar-refractivity contribution in [1.29, 1.82) is 0 Å². The highest BCUT2D eigenvalue weighted by Gasteiger charge is 2.11. The smallest absolute Gasteiger partial charge is 0.0146 e. The van der Waals surface area contributed by atoms with Gasteiger partial charge in [-0.3, -0.25) is 0 Å². The van der Waals surface area contributed by atoms with E-state index in [0.717, 1.165) is 6.42 Å². The molecule has 0 aromatic heterocycles. The highest BCUT2D eigenvalue weighted by molar-refractivity contribution is 5.83. The molecule has 0 unspecified atom stereocenters. The zero-order valence-corrected chi connectivity index (χ0v) is 19.3. The van der Waals surface area contributed by atoms with Gasteiger partial charge in [0.05, 0.1) is 0 Å². The first-order chi connectivity index (χ1) is 16.2. The molecule has 0 bridgehead atoms. The molecule has 0 saturated carbocycles. The van der Waals surface area contributed by atoms with E-state index in [1.165, 1.54) is 55.6 Å². The van der Waals surface area contributed by atoms with Crippen molar-refractivity contribution in [3.8, 4) is 44.5 Å². The minimum absolute atomic E-state index is 1.03. The molecule has 0 amide bonds. The van der Waals surface area contributed by atoms with Gasteiger partial charge < -0.3 is 0 Å². The molecule has 0 radical (unpaired) electrons. The van der Waals surface area contributed by atoms with E-state index in [0.29, 0.717) is 0 Å². The van der Waals surface area contributed by atoms with Gasteiger partial charge in [-0.15, -0.1) is 0 Å². The van der Waals surface area contributed by atoms with Crippen LogP contribution in [0.1, 0.15) is 18.1 Å². The number of benzene rings is 5. The summed E-state index contributed by atoms with van der Waals surface area (Å²) in [5.41, 5.74) is 12.8. The lowest BCUT2D eigenvalue weighted by Crippen LogP contribution is -1.92. The lowest BCUT2D eigenvalue weighted by molar-refractivity contribution is 1.14. The van der Waals surface area contributed by atoms with Gasteiger partial charge in [0.25, 0.3) is 0 Å². The van der Waals surface area contributed by atoms with Gasteiger partial charge in [-0.2, -0.15) is 0 Å². The van der Waals surface area contributed by atoms with Crippen molar-refractivity contribution < 1.29 is 0 Å². The van der Waals surface area contributed by atoms with Crippen molar-refractivity contribution in [2.45, 2.75) is 20.3 Å². The molecule has 0 aliphatic heterocycles. The third-order valence-corrected chi connectivity index (χ3v) is 6.41. The molecule has 5 aromatic rings. The van der Waals surface area contributed by atoms with E-state index < -0.39 is 0 Å². The van der Waals surface area contributed by atoms with Crippen molar-refractivity contribution in [2.24, 2.45) is 0 Å². The van der Waals surface area contributed by atoms with Gasteiger partial charge in [0.15, 0.2) is 0 Å². The number of hydrogen-bond donors (Lipinski definition) is 0. The molecule has 160 valence electrons. The summed E-state index contributed by atoms with van der Waals surface area (Å²) in [7, 11) is 0. The molecule has 33 heavy (non-hydrogen) atoms. The highest BCUT2D eigenvalue weighted by atomic mass is 14.2. The van der Waals surface area contributed by atoms with Crippen molar-refractivity contribution in [3.63, 3.8) is 0 Å². The molecule has 0 aliphatic carbocycles. The van der Waals surface area contributed by atoms with Crippen LogP contribution in [0.2, 0.25) is 0 Å². The third kappa shape index (κ3) is 4.38. The largest absolute Gasteiger partial charge is 0.0622 e. The number of rotatable bonds is 5. The maximum Gasteiger partial charge on any atom is -0.0146 e. The van der Waals surface area contributed by atoms with E-state index in [4.69, 9.17) is 0 Å². The molecular formula is C33H28. The Balaban J connectivity index is 1.69. The fourth-order valence-corrected chi connectivity index (χ4v) is 4.57. The van der Waals surface area contributed by atoms with E-state index >= 15 is 0 Å². The SMILES string of the molecule is CCc1ccccc1-c1cc(-c2cc(-c3ccccc3)cc(-c3ccccc3)c2)ccc1C. The minimum Gasteiger partial charge on any atom is -0.0622 e. The molecule has 0 nitrogen and oxygen atoms in total. The van der Waals surface area contributed by atoms with Gasteiger partial charge >= 0.3 is 0 Å². The van der Waals surface area contributed by atoms with Crippen molar-refractivity contribution in [1.82, 2.24) is 0 Å². The van der Waals surface area contributed by atoms with Crippen LogP contribution in [-0.4, -0.2) is 0 Å². The first-order valence-electron chi connectivity index (χ1n) is 11.7. The van der Waals surface area contributed by atoms with E-state index in [1.54, 1.807) is 0 Å². The van der Waals surface area contributed by atoms with Crippen molar-refractivity contribution in [3.05, 3.63) is 132 Å². The Hall–Kier alpha value is -3.90. The third-order valence-electron chi connectivity index (χ3n) is 6.41. The van der Waals surface area contributed by atoms with Crippen LogP contribution in [0, 0.1) is 6.92 Å². The quantitative estimate of drug-likeness (QED) is 0.264. The van der Waals surface area contributed by atoms with Gasteiger partial charge in [-0.05, 0) is 93.2 Å². The van der Waals surface area contributed by atoms with Crippen LogP contribution >= 0.6 is 0 Å². The van der Waals surface area contributed by atoms with Gasteiger partial charge in [0.2, 0.25) is 0 Å². The molecule has 0 saturated heterocycles. The van der Waals surface area contributed by atoms with Crippen molar-refractivity contribution >= 4 is 0 Å². The molecule has 0 fully saturated rings. The second kappa shape index (κ2) is 9.30. The average Bonchev–Trinajstić information content (AvgIpc) is 2.90. The second-order valence-electron chi connectivity index (χ2n) is 8.57. The number of hydrogen-bond acceptors (Lipinski definition) is 0. The summed E-state index contributed by atoms with van der Waals surface area (Å²) < 4.78 is 0. The first-order valence-corrected chi connectivity index (χ1v) is 11.7. The zero-order chi connectivity index (χ0) is 22.6. The Bertz CT molecular complexity index is 1320. The van der Waals surface area contributed by atoms with E-state index in [9.17, 15) is 0 Å². The molecule has 0 atom stereocenters. The van der Waals surface area contributed by atoms with Crippen molar-refractivity contribution in [2.75, 3.05) is 0 Å². The first kappa shape index (κ1) is 21.0. The maximum absolute atomic E-state index is 2.36. The standard InChI is InChI=1S/C33H28/c1-3-25-12-10-11-17-32(25)33-23-28(19-18-24(33)2)31-21-29(26-13-6-4-7-14-26)20-30(22-31)27-15-8-5-9-16-27/h4-23H,3H2,1-2H3. The normalized spacial score (nSPS) is 10.8. The fourth-order valence-electron chi connectivity index (χ4n) is 4.57. The van der Waals surface area contributed by atoms with Crippen LogP contribution in [-0.2, 0) is 6.42 Å². The molecular weight excluding hydrogens is 396 g/mol. The van der Waals surface area contributed by atoms with Gasteiger partial charge in [-0.1, -0.05) is 104 Å². The summed E-state index contributed by atoms with van der Waals surface area (Å²) in [5.74, 6) is 0. The molecule has 0 spiro atoms. The Morgan fingerprint density at radius 2 is 0.939 bits per heavy atom. The van der Waals surface area contributed by atoms with E-state index in [2.05, 4.69) is 135 Å². The molecule has 0 aliphatic rings. The van der Waals surface area contributed by atoms with Crippen LogP contribution < -0.4 is 0 Å². The van der Waals surface area contributed by atoms with Gasteiger partial charge in [-0.25, -0.2) is 0 Å². The van der Waals surface area contributed by atoms with Crippen LogP contribution in [0.15, 0.2) is 121 Å². The van der Waals surface area contributed by atoms with E-state index in [1.807, 2.05) is 0 Å². The van der Waals surface area contributed by atoms with Crippen LogP contribution in [0.4, 0.5) is 0 Å². The predicted molar refractivity (Wildman–Crippen MR) is 142 cm³/mol. The Labute approximate surface area is 197 Å². The maximum atomic E-state index is 2.36. The Morgan fingerprint density at radius 3 is 1.52 bits per heavy atom. The zero-order valence-electron chi connectivity index (χ0n) is 19.3. The summed E-state index contributed by atoms with van der Waals surface area (Å²) >= 11 is 0. The number of aryl methyl sites for hydroxylation is 2. The minimum atomic E-state index is 1.03. The summed E-state index contributed by atoms with van der Waals surface area (Å²) in [5, 5.41) is 0. The lowest BCUT2D eigenvalue weighted by Gasteiger charge is -2.15. The Morgan fingerprint density at radius 1 is 0.424 bits per heavy atom. The molecule has 0 heterocycles. The predicted octanol–water partition coefficient (Wildman–Crippen LogP) is 9.23. The summed E-state index contributed by atoms with van der Waals surface area (Å²) in [6.07, 6.45) is 1.03. The monoisotopic (exact) mass is 424 g/mol. The Kier molecular flexibility index (Phi) is 5.91. The van der Waals surface area contributed by atoms with Crippen LogP contribution in [0.5, 0.6) is 0 Å². The molecule has 0 N–H and O–H groups in total. The van der Waals surface area contributed by atoms with Crippen LogP contribution in [0.3, 0.4) is 0 Å². The molecule has 0 heteroatoms. The van der Waals surface area contributed by atoms with Crippen LogP contribution in [0.25, 0.3) is 44.5 Å². The fraction of sp³-hybridized carbons (Fsp3) is 0.0909.